The molecular formula is C22H20N2O2S2. The predicted octanol–water partition coefficient (Wildman–Crippen LogP) is 4.99. The molecule has 0 saturated carbocycles. The second kappa shape index (κ2) is 7.81. The van der Waals surface area contributed by atoms with E-state index in [0.717, 1.165) is 11.1 Å². The monoisotopic (exact) mass is 408 g/mol. The van der Waals surface area contributed by atoms with Gasteiger partial charge in [-0.15, -0.1) is 4.40 Å². The third-order valence-electron chi connectivity index (χ3n) is 4.54. The van der Waals surface area contributed by atoms with Crippen molar-refractivity contribution in [1.82, 2.24) is 0 Å². The van der Waals surface area contributed by atoms with Gasteiger partial charge in [0.2, 0.25) is 0 Å². The van der Waals surface area contributed by atoms with Gasteiger partial charge in [-0.2, -0.15) is 8.42 Å². The van der Waals surface area contributed by atoms with Crippen LogP contribution >= 0.6 is 11.8 Å². The van der Waals surface area contributed by atoms with Crippen molar-refractivity contribution in [3.63, 3.8) is 0 Å². The molecule has 142 valence electrons. The second-order valence-electron chi connectivity index (χ2n) is 6.66. The molecule has 0 aromatic heterocycles. The summed E-state index contributed by atoms with van der Waals surface area (Å²) >= 11 is 1.45. The Morgan fingerprint density at radius 3 is 2.29 bits per heavy atom. The van der Waals surface area contributed by atoms with Gasteiger partial charge in [-0.1, -0.05) is 84.1 Å². The normalized spacial score (nSPS) is 15.0. The number of hydrogen-bond donors (Lipinski definition) is 0. The molecule has 0 saturated heterocycles. The van der Waals surface area contributed by atoms with Gasteiger partial charge in [0, 0.05) is 5.75 Å². The van der Waals surface area contributed by atoms with Crippen molar-refractivity contribution >= 4 is 32.6 Å². The van der Waals surface area contributed by atoms with Gasteiger partial charge in [0.25, 0.3) is 10.0 Å². The highest BCUT2D eigenvalue weighted by molar-refractivity contribution is 8.14. The number of rotatable bonds is 4. The van der Waals surface area contributed by atoms with Gasteiger partial charge in [0.15, 0.2) is 5.17 Å². The Labute approximate surface area is 170 Å². The summed E-state index contributed by atoms with van der Waals surface area (Å²) in [5.74, 6) is 0.655. The fraction of sp³-hybridized carbons (Fsp3) is 0.136. The maximum atomic E-state index is 12.7. The summed E-state index contributed by atoms with van der Waals surface area (Å²) in [5, 5.41) is 0.503. The summed E-state index contributed by atoms with van der Waals surface area (Å²) in [7, 11) is -3.70. The van der Waals surface area contributed by atoms with Crippen LogP contribution in [0.15, 0.2) is 88.2 Å². The second-order valence-corrected chi connectivity index (χ2v) is 9.18. The number of sulfonamides is 1. The van der Waals surface area contributed by atoms with Gasteiger partial charge >= 0.3 is 0 Å². The Kier molecular flexibility index (Phi) is 5.24. The smallest absolute Gasteiger partial charge is 0.286 e. The first kappa shape index (κ1) is 18.8. The molecule has 0 spiro atoms. The molecule has 0 radical (unpaired) electrons. The molecule has 28 heavy (non-hydrogen) atoms. The number of thioether (sulfide) groups is 1. The van der Waals surface area contributed by atoms with Crippen molar-refractivity contribution in [2.45, 2.75) is 24.1 Å². The first-order valence-electron chi connectivity index (χ1n) is 8.97. The zero-order valence-electron chi connectivity index (χ0n) is 15.4. The number of nitrogens with zero attached hydrogens (tertiary/aromatic N) is 2. The average molecular weight is 409 g/mol. The lowest BCUT2D eigenvalue weighted by Gasteiger charge is -2.30. The van der Waals surface area contributed by atoms with Gasteiger partial charge in [-0.25, -0.2) is 0 Å². The van der Waals surface area contributed by atoms with E-state index in [0.29, 0.717) is 23.2 Å². The van der Waals surface area contributed by atoms with Crippen LogP contribution in [0.1, 0.15) is 16.7 Å². The molecule has 0 N–H and O–H groups in total. The van der Waals surface area contributed by atoms with Crippen LogP contribution in [0.5, 0.6) is 0 Å². The molecule has 0 bridgehead atoms. The van der Waals surface area contributed by atoms with E-state index in [4.69, 9.17) is 0 Å². The minimum Gasteiger partial charge on any atom is -0.315 e. The highest BCUT2D eigenvalue weighted by Gasteiger charge is 2.30. The fourth-order valence-corrected chi connectivity index (χ4v) is 5.47. The molecule has 1 aliphatic rings. The van der Waals surface area contributed by atoms with Gasteiger partial charge in [0.05, 0.1) is 12.2 Å². The molecule has 0 atom stereocenters. The average Bonchev–Trinajstić information content (AvgIpc) is 2.71. The topological polar surface area (TPSA) is 49.7 Å². The molecule has 3 aromatic rings. The predicted molar refractivity (Wildman–Crippen MR) is 116 cm³/mol. The Morgan fingerprint density at radius 2 is 1.54 bits per heavy atom. The molecule has 1 aliphatic heterocycles. The van der Waals surface area contributed by atoms with Gasteiger partial charge in [-0.05, 0) is 30.2 Å². The first-order valence-corrected chi connectivity index (χ1v) is 11.4. The third kappa shape index (κ3) is 3.98. The third-order valence-corrected chi connectivity index (χ3v) is 7.01. The van der Waals surface area contributed by atoms with E-state index in [1.807, 2.05) is 54.3 Å². The van der Waals surface area contributed by atoms with E-state index in [1.165, 1.54) is 17.3 Å². The van der Waals surface area contributed by atoms with E-state index in [9.17, 15) is 8.42 Å². The Bertz CT molecular complexity index is 1110. The van der Waals surface area contributed by atoms with Crippen LogP contribution in [0.2, 0.25) is 0 Å². The fourth-order valence-electron chi connectivity index (χ4n) is 3.06. The summed E-state index contributed by atoms with van der Waals surface area (Å²) in [6.45, 7) is 2.61. The van der Waals surface area contributed by atoms with Gasteiger partial charge < -0.3 is 4.90 Å². The minimum atomic E-state index is -3.70. The number of aryl methyl sites for hydroxylation is 1. The SMILES string of the molecule is Cc1ccc(CSC2=NS(=O)(=O)c3ccccc3N2Cc2ccccc2)cc1. The maximum Gasteiger partial charge on any atom is 0.286 e. The lowest BCUT2D eigenvalue weighted by molar-refractivity contribution is 0.597. The van der Waals surface area contributed by atoms with Crippen LogP contribution in [-0.2, 0) is 22.3 Å². The van der Waals surface area contributed by atoms with Crippen LogP contribution in [0, 0.1) is 6.92 Å². The largest absolute Gasteiger partial charge is 0.315 e. The molecule has 6 heteroatoms. The summed E-state index contributed by atoms with van der Waals surface area (Å²) in [6, 6.07) is 25.3. The highest BCUT2D eigenvalue weighted by Crippen LogP contribution is 2.35. The number of anilines is 1. The zero-order chi connectivity index (χ0) is 19.6. The van der Waals surface area contributed by atoms with E-state index in [-0.39, 0.29) is 4.90 Å². The van der Waals surface area contributed by atoms with Crippen molar-refractivity contribution in [3.05, 3.63) is 95.6 Å². The molecule has 3 aromatic carbocycles. The van der Waals surface area contributed by atoms with E-state index < -0.39 is 10.0 Å². The van der Waals surface area contributed by atoms with Crippen molar-refractivity contribution in [2.75, 3.05) is 4.90 Å². The quantitative estimate of drug-likeness (QED) is 0.610. The van der Waals surface area contributed by atoms with Crippen molar-refractivity contribution in [2.24, 2.45) is 4.40 Å². The van der Waals surface area contributed by atoms with Gasteiger partial charge in [0.1, 0.15) is 4.90 Å². The molecular weight excluding hydrogens is 388 g/mol. The van der Waals surface area contributed by atoms with E-state index in [1.54, 1.807) is 12.1 Å². The minimum absolute atomic E-state index is 0.255. The lowest BCUT2D eigenvalue weighted by Crippen LogP contribution is -2.33. The molecule has 0 fully saturated rings. The first-order chi connectivity index (χ1) is 13.5. The lowest BCUT2D eigenvalue weighted by atomic mass is 10.2. The van der Waals surface area contributed by atoms with Crippen molar-refractivity contribution < 1.29 is 8.42 Å². The standard InChI is InChI=1S/C22H20N2O2S2/c1-17-11-13-19(14-12-17)16-27-22-23-28(25,26)21-10-6-5-9-20(21)24(22)15-18-7-3-2-4-8-18/h2-14H,15-16H2,1H3. The van der Waals surface area contributed by atoms with Crippen molar-refractivity contribution in [1.29, 1.82) is 0 Å². The van der Waals surface area contributed by atoms with Crippen LogP contribution in [0.25, 0.3) is 0 Å². The molecule has 0 amide bonds. The Balaban J connectivity index is 1.68. The van der Waals surface area contributed by atoms with Crippen LogP contribution in [-0.4, -0.2) is 13.6 Å². The molecule has 4 nitrogen and oxygen atoms in total. The Hall–Kier alpha value is -2.57. The molecule has 0 aliphatic carbocycles. The molecule has 4 rings (SSSR count). The van der Waals surface area contributed by atoms with Crippen LogP contribution < -0.4 is 4.90 Å². The number of amidine groups is 1. The highest BCUT2D eigenvalue weighted by atomic mass is 32.2. The number of hydrogen-bond acceptors (Lipinski definition) is 4. The summed E-state index contributed by atoms with van der Waals surface area (Å²) in [4.78, 5) is 2.25. The number of para-hydroxylation sites is 1. The number of fused-ring (bicyclic) bond motifs is 1. The number of benzene rings is 3. The maximum absolute atomic E-state index is 12.7. The van der Waals surface area contributed by atoms with Crippen LogP contribution in [0.3, 0.4) is 0 Å². The molecule has 0 unspecified atom stereocenters. The zero-order valence-corrected chi connectivity index (χ0v) is 17.1. The summed E-state index contributed by atoms with van der Waals surface area (Å²) in [5.41, 5.74) is 4.10. The van der Waals surface area contributed by atoms with Gasteiger partial charge in [-0.3, -0.25) is 0 Å². The molecule has 1 heterocycles. The summed E-state index contributed by atoms with van der Waals surface area (Å²) in [6.07, 6.45) is 0. The van der Waals surface area contributed by atoms with E-state index in [2.05, 4.69) is 28.7 Å². The van der Waals surface area contributed by atoms with E-state index >= 15 is 0 Å². The van der Waals surface area contributed by atoms with Crippen molar-refractivity contribution in [3.8, 4) is 0 Å². The van der Waals surface area contributed by atoms with Crippen LogP contribution in [0.4, 0.5) is 5.69 Å². The summed E-state index contributed by atoms with van der Waals surface area (Å²) < 4.78 is 29.6. The Morgan fingerprint density at radius 1 is 0.857 bits per heavy atom.